The van der Waals surface area contributed by atoms with Gasteiger partial charge >= 0.3 is 0 Å². The van der Waals surface area contributed by atoms with Crippen molar-refractivity contribution in [2.24, 2.45) is 11.7 Å². The van der Waals surface area contributed by atoms with E-state index in [0.717, 1.165) is 24.3 Å². The van der Waals surface area contributed by atoms with E-state index in [9.17, 15) is 14.0 Å². The van der Waals surface area contributed by atoms with Gasteiger partial charge in [0, 0.05) is 13.1 Å². The van der Waals surface area contributed by atoms with Crippen molar-refractivity contribution in [1.29, 1.82) is 0 Å². The molecule has 1 saturated heterocycles. The fourth-order valence-corrected chi connectivity index (χ4v) is 4.69. The summed E-state index contributed by atoms with van der Waals surface area (Å²) in [6, 6.07) is 13.1. The number of carbonyl (C=O) groups excluding carboxylic acids is 2. The van der Waals surface area contributed by atoms with Gasteiger partial charge in [-0.25, -0.2) is 19.0 Å². The monoisotopic (exact) mass is 491 g/mol. The van der Waals surface area contributed by atoms with Crippen LogP contribution >= 0.6 is 11.3 Å². The highest BCUT2D eigenvalue weighted by Gasteiger charge is 2.25. The quantitative estimate of drug-likeness (QED) is 0.426. The fourth-order valence-electron chi connectivity index (χ4n) is 3.99. The van der Waals surface area contributed by atoms with E-state index < -0.39 is 5.91 Å². The van der Waals surface area contributed by atoms with Crippen LogP contribution in [0.2, 0.25) is 0 Å². The molecule has 0 saturated carbocycles. The van der Waals surface area contributed by atoms with Crippen LogP contribution in [0.3, 0.4) is 0 Å². The number of aromatic nitrogens is 4. The molecule has 4 aromatic rings. The van der Waals surface area contributed by atoms with Gasteiger partial charge in [-0.3, -0.25) is 9.59 Å². The summed E-state index contributed by atoms with van der Waals surface area (Å²) in [5, 5.41) is 9.06. The summed E-state index contributed by atoms with van der Waals surface area (Å²) in [6.07, 6.45) is 3.20. The van der Waals surface area contributed by atoms with Gasteiger partial charge in [0.05, 0.1) is 28.4 Å². The number of primary amides is 1. The Bertz CT molecular complexity index is 1340. The van der Waals surface area contributed by atoms with Gasteiger partial charge in [-0.15, -0.1) is 16.4 Å². The van der Waals surface area contributed by atoms with Crippen molar-refractivity contribution in [2.45, 2.75) is 12.8 Å². The number of pyridine rings is 1. The van der Waals surface area contributed by atoms with E-state index in [1.54, 1.807) is 30.5 Å². The number of nitrogens with zero attached hydrogens (tertiary/aromatic N) is 5. The van der Waals surface area contributed by atoms with E-state index in [1.165, 1.54) is 28.2 Å². The van der Waals surface area contributed by atoms with Gasteiger partial charge in [0.15, 0.2) is 5.82 Å². The number of rotatable bonds is 6. The summed E-state index contributed by atoms with van der Waals surface area (Å²) in [7, 11) is 0. The highest BCUT2D eigenvalue weighted by atomic mass is 32.1. The molecule has 1 aromatic carbocycles. The minimum atomic E-state index is -0.495. The number of amides is 2. The number of benzene rings is 1. The second-order valence-electron chi connectivity index (χ2n) is 8.17. The first-order valence-corrected chi connectivity index (χ1v) is 11.9. The van der Waals surface area contributed by atoms with Crippen LogP contribution in [0.25, 0.3) is 16.4 Å². The third kappa shape index (κ3) is 4.90. The third-order valence-electron chi connectivity index (χ3n) is 5.78. The van der Waals surface area contributed by atoms with Crippen molar-refractivity contribution >= 4 is 34.7 Å². The molecule has 9 nitrogen and oxygen atoms in total. The molecule has 0 bridgehead atoms. The highest BCUT2D eigenvalue weighted by molar-refractivity contribution is 7.13. The van der Waals surface area contributed by atoms with Gasteiger partial charge in [0.1, 0.15) is 11.6 Å². The van der Waals surface area contributed by atoms with Crippen molar-refractivity contribution in [2.75, 3.05) is 23.3 Å². The summed E-state index contributed by atoms with van der Waals surface area (Å²) < 4.78 is 14.9. The second kappa shape index (κ2) is 9.63. The van der Waals surface area contributed by atoms with E-state index in [0.29, 0.717) is 29.6 Å². The molecule has 11 heteroatoms. The number of anilines is 2. The summed E-state index contributed by atoms with van der Waals surface area (Å²) >= 11 is 1.46. The van der Waals surface area contributed by atoms with Crippen LogP contribution in [-0.4, -0.2) is 44.7 Å². The zero-order valence-corrected chi connectivity index (χ0v) is 19.4. The first-order chi connectivity index (χ1) is 17.0. The summed E-state index contributed by atoms with van der Waals surface area (Å²) in [6.45, 7) is 1.32. The molecule has 35 heavy (non-hydrogen) atoms. The number of nitrogens with two attached hydrogens (primary N) is 1. The number of carbonyl (C=O) groups is 2. The first kappa shape index (κ1) is 22.7. The average Bonchev–Trinajstić information content (AvgIpc) is 3.55. The summed E-state index contributed by atoms with van der Waals surface area (Å²) in [5.41, 5.74) is 6.54. The Hall–Kier alpha value is -4.12. The van der Waals surface area contributed by atoms with Gasteiger partial charge in [-0.05, 0) is 60.7 Å². The van der Waals surface area contributed by atoms with Gasteiger partial charge in [0.2, 0.25) is 11.7 Å². The smallest absolute Gasteiger partial charge is 0.295 e. The van der Waals surface area contributed by atoms with Crippen LogP contribution in [0, 0.1) is 11.7 Å². The lowest BCUT2D eigenvalue weighted by molar-refractivity contribution is -0.122. The zero-order chi connectivity index (χ0) is 24.4. The minimum absolute atomic E-state index is 0.0258. The van der Waals surface area contributed by atoms with Crippen LogP contribution in [0.5, 0.6) is 0 Å². The molecule has 4 heterocycles. The molecule has 3 N–H and O–H groups in total. The Morgan fingerprint density at radius 3 is 2.66 bits per heavy atom. The summed E-state index contributed by atoms with van der Waals surface area (Å²) in [4.78, 5) is 36.2. The Morgan fingerprint density at radius 1 is 1.14 bits per heavy atom. The van der Waals surface area contributed by atoms with Crippen molar-refractivity contribution in [3.63, 3.8) is 0 Å². The number of hydrogen-bond acceptors (Lipinski definition) is 7. The minimum Gasteiger partial charge on any atom is -0.369 e. The molecule has 3 aromatic heterocycles. The van der Waals surface area contributed by atoms with Crippen molar-refractivity contribution < 1.29 is 14.0 Å². The van der Waals surface area contributed by atoms with Crippen LogP contribution in [0.1, 0.15) is 23.5 Å². The first-order valence-electron chi connectivity index (χ1n) is 11.1. The van der Waals surface area contributed by atoms with Crippen molar-refractivity contribution in [3.05, 3.63) is 71.7 Å². The van der Waals surface area contributed by atoms with Crippen LogP contribution in [0.15, 0.2) is 60.1 Å². The van der Waals surface area contributed by atoms with Crippen molar-refractivity contribution in [3.8, 4) is 16.4 Å². The third-order valence-corrected chi connectivity index (χ3v) is 6.64. The normalized spacial score (nSPS) is 15.7. The van der Waals surface area contributed by atoms with E-state index >= 15 is 0 Å². The Morgan fingerprint density at radius 2 is 1.97 bits per heavy atom. The summed E-state index contributed by atoms with van der Waals surface area (Å²) in [5.74, 6) is -0.174. The lowest BCUT2D eigenvalue weighted by atomic mass is 9.97. The topological polar surface area (TPSA) is 119 Å². The number of nitrogens with one attached hydrogen (secondary N) is 1. The van der Waals surface area contributed by atoms with E-state index in [1.807, 2.05) is 22.4 Å². The van der Waals surface area contributed by atoms with E-state index in [4.69, 9.17) is 5.73 Å². The predicted molar refractivity (Wildman–Crippen MR) is 131 cm³/mol. The largest absolute Gasteiger partial charge is 0.369 e. The molecule has 1 aliphatic heterocycles. The number of piperidine rings is 1. The molecule has 2 amide bonds. The standard InChI is InChI=1S/C24H22FN7O2S/c25-16-5-8-18(9-6-16)32-23(19-4-2-12-35-19)29-22(30-32)24(34)28-17-7-10-20(27-13-17)31-11-1-3-15(14-31)21(26)33/h2,4-10,12-13,15H,1,3,11,14H2,(H2,26,33)(H,28,34). The molecular formula is C24H22FN7O2S. The molecule has 1 unspecified atom stereocenters. The Labute approximate surface area is 204 Å². The maximum absolute atomic E-state index is 13.4. The number of halogens is 1. The van der Waals surface area contributed by atoms with Crippen LogP contribution < -0.4 is 16.0 Å². The maximum atomic E-state index is 13.4. The molecule has 0 spiro atoms. The van der Waals surface area contributed by atoms with Crippen LogP contribution in [0.4, 0.5) is 15.9 Å². The SMILES string of the molecule is NC(=O)C1CCCN(c2ccc(NC(=O)c3nc(-c4cccs4)n(-c4ccc(F)cc4)n3)cn2)C1. The number of hydrogen-bond donors (Lipinski definition) is 2. The van der Waals surface area contributed by atoms with Gasteiger partial charge in [-0.2, -0.15) is 0 Å². The molecule has 1 aliphatic rings. The Kier molecular flexibility index (Phi) is 6.23. The molecule has 178 valence electrons. The molecule has 1 fully saturated rings. The Balaban J connectivity index is 1.35. The van der Waals surface area contributed by atoms with E-state index in [-0.39, 0.29) is 23.5 Å². The van der Waals surface area contributed by atoms with Crippen molar-refractivity contribution in [1.82, 2.24) is 19.7 Å². The molecule has 1 atom stereocenters. The lowest BCUT2D eigenvalue weighted by Gasteiger charge is -2.32. The molecular weight excluding hydrogens is 469 g/mol. The van der Waals surface area contributed by atoms with Crippen LogP contribution in [-0.2, 0) is 4.79 Å². The van der Waals surface area contributed by atoms with Gasteiger partial charge < -0.3 is 16.0 Å². The highest BCUT2D eigenvalue weighted by Crippen LogP contribution is 2.26. The molecule has 5 rings (SSSR count). The molecule has 0 aliphatic carbocycles. The second-order valence-corrected chi connectivity index (χ2v) is 9.12. The molecule has 0 radical (unpaired) electrons. The predicted octanol–water partition coefficient (Wildman–Crippen LogP) is 3.48. The van der Waals surface area contributed by atoms with Gasteiger partial charge in [-0.1, -0.05) is 6.07 Å². The van der Waals surface area contributed by atoms with E-state index in [2.05, 4.69) is 20.4 Å². The lowest BCUT2D eigenvalue weighted by Crippen LogP contribution is -2.41. The average molecular weight is 492 g/mol. The number of thiophene rings is 1. The fraction of sp³-hybridized carbons (Fsp3) is 0.208. The van der Waals surface area contributed by atoms with Gasteiger partial charge in [0.25, 0.3) is 5.91 Å². The maximum Gasteiger partial charge on any atom is 0.295 e. The zero-order valence-electron chi connectivity index (χ0n) is 18.6.